The SMILES string of the molecule is CN(C(=O)O)c1sccc1C(=O)NC1CCC(=O)NC1=O. The van der Waals surface area contributed by atoms with Crippen LogP contribution in [0.3, 0.4) is 0 Å². The molecule has 1 aliphatic heterocycles. The van der Waals surface area contributed by atoms with Gasteiger partial charge in [-0.05, 0) is 17.9 Å². The molecule has 2 heterocycles. The van der Waals surface area contributed by atoms with Crippen molar-refractivity contribution in [2.24, 2.45) is 0 Å². The Morgan fingerprint density at radius 2 is 2.19 bits per heavy atom. The number of imide groups is 1. The van der Waals surface area contributed by atoms with Crippen molar-refractivity contribution in [3.8, 4) is 0 Å². The first-order chi connectivity index (χ1) is 9.90. The van der Waals surface area contributed by atoms with Crippen LogP contribution in [0.2, 0.25) is 0 Å². The van der Waals surface area contributed by atoms with E-state index in [0.717, 1.165) is 16.2 Å². The van der Waals surface area contributed by atoms with Crippen LogP contribution in [0.15, 0.2) is 11.4 Å². The summed E-state index contributed by atoms with van der Waals surface area (Å²) in [5.41, 5.74) is 0.176. The maximum atomic E-state index is 12.2. The number of anilines is 1. The number of nitrogens with one attached hydrogen (secondary N) is 2. The molecule has 1 unspecified atom stereocenters. The van der Waals surface area contributed by atoms with E-state index >= 15 is 0 Å². The summed E-state index contributed by atoms with van der Waals surface area (Å²) in [4.78, 5) is 46.7. The summed E-state index contributed by atoms with van der Waals surface area (Å²) >= 11 is 1.11. The summed E-state index contributed by atoms with van der Waals surface area (Å²) in [6.45, 7) is 0. The number of hydrogen-bond acceptors (Lipinski definition) is 5. The second-order valence-electron chi connectivity index (χ2n) is 4.46. The third-order valence-electron chi connectivity index (χ3n) is 3.03. The fourth-order valence-corrected chi connectivity index (χ4v) is 2.74. The zero-order valence-corrected chi connectivity index (χ0v) is 11.9. The molecule has 1 fully saturated rings. The molecule has 0 aliphatic carbocycles. The summed E-state index contributed by atoms with van der Waals surface area (Å²) in [6.07, 6.45) is -0.806. The van der Waals surface area contributed by atoms with Crippen molar-refractivity contribution in [1.82, 2.24) is 10.6 Å². The van der Waals surface area contributed by atoms with Gasteiger partial charge in [-0.3, -0.25) is 24.6 Å². The molecule has 2 rings (SSSR count). The Bertz CT molecular complexity index is 612. The van der Waals surface area contributed by atoms with E-state index < -0.39 is 23.9 Å². The van der Waals surface area contributed by atoms with E-state index in [1.807, 2.05) is 0 Å². The normalized spacial score (nSPS) is 18.0. The van der Waals surface area contributed by atoms with Gasteiger partial charge in [-0.15, -0.1) is 11.3 Å². The first-order valence-electron chi connectivity index (χ1n) is 6.09. The maximum absolute atomic E-state index is 12.2. The third kappa shape index (κ3) is 3.19. The highest BCUT2D eigenvalue weighted by atomic mass is 32.1. The van der Waals surface area contributed by atoms with Crippen LogP contribution >= 0.6 is 11.3 Å². The van der Waals surface area contributed by atoms with Gasteiger partial charge in [0, 0.05) is 13.5 Å². The molecule has 0 spiro atoms. The highest BCUT2D eigenvalue weighted by Gasteiger charge is 2.29. The van der Waals surface area contributed by atoms with Gasteiger partial charge in [-0.1, -0.05) is 0 Å². The highest BCUT2D eigenvalue weighted by Crippen LogP contribution is 2.27. The van der Waals surface area contributed by atoms with Crippen LogP contribution in [-0.2, 0) is 9.59 Å². The van der Waals surface area contributed by atoms with Crippen molar-refractivity contribution >= 4 is 40.2 Å². The fraction of sp³-hybridized carbons (Fsp3) is 0.333. The van der Waals surface area contributed by atoms with Gasteiger partial charge >= 0.3 is 6.09 Å². The molecule has 112 valence electrons. The molecule has 0 radical (unpaired) electrons. The molecule has 1 aromatic rings. The van der Waals surface area contributed by atoms with E-state index in [1.54, 1.807) is 5.38 Å². The van der Waals surface area contributed by atoms with Crippen molar-refractivity contribution in [3.63, 3.8) is 0 Å². The lowest BCUT2D eigenvalue weighted by Crippen LogP contribution is -2.52. The Labute approximate surface area is 123 Å². The van der Waals surface area contributed by atoms with Crippen LogP contribution in [0.5, 0.6) is 0 Å². The number of carboxylic acid groups (broad SMARTS) is 1. The molecule has 8 nitrogen and oxygen atoms in total. The van der Waals surface area contributed by atoms with Crippen molar-refractivity contribution in [2.45, 2.75) is 18.9 Å². The molecule has 1 atom stereocenters. The summed E-state index contributed by atoms with van der Waals surface area (Å²) in [5, 5.41) is 15.5. The van der Waals surface area contributed by atoms with Crippen molar-refractivity contribution in [3.05, 3.63) is 17.0 Å². The van der Waals surface area contributed by atoms with Gasteiger partial charge in [-0.2, -0.15) is 0 Å². The van der Waals surface area contributed by atoms with Crippen molar-refractivity contribution < 1.29 is 24.3 Å². The number of nitrogens with zero attached hydrogens (tertiary/aromatic N) is 1. The zero-order valence-electron chi connectivity index (χ0n) is 11.1. The average Bonchev–Trinajstić information content (AvgIpc) is 2.90. The number of piperidine rings is 1. The molecule has 9 heteroatoms. The van der Waals surface area contributed by atoms with E-state index in [4.69, 9.17) is 5.11 Å². The van der Waals surface area contributed by atoms with Crippen molar-refractivity contribution in [1.29, 1.82) is 0 Å². The lowest BCUT2D eigenvalue weighted by Gasteiger charge is -2.22. The van der Waals surface area contributed by atoms with Gasteiger partial charge in [-0.25, -0.2) is 4.79 Å². The molecule has 1 aromatic heterocycles. The molecule has 0 aromatic carbocycles. The number of carbonyl (C=O) groups is 4. The van der Waals surface area contributed by atoms with Crippen LogP contribution in [0.4, 0.5) is 9.80 Å². The monoisotopic (exact) mass is 311 g/mol. The van der Waals surface area contributed by atoms with Gasteiger partial charge in [0.15, 0.2) is 0 Å². The Morgan fingerprint density at radius 1 is 1.48 bits per heavy atom. The lowest BCUT2D eigenvalue weighted by atomic mass is 10.1. The standard InChI is InChI=1S/C12H13N3O5S/c1-15(12(19)20)11-6(4-5-21-11)9(17)13-7-2-3-8(16)14-10(7)18/h4-5,7H,2-3H2,1H3,(H,13,17)(H,19,20)(H,14,16,18). The highest BCUT2D eigenvalue weighted by molar-refractivity contribution is 7.14. The topological polar surface area (TPSA) is 116 Å². The summed E-state index contributed by atoms with van der Waals surface area (Å²) in [7, 11) is 1.33. The molecule has 4 amide bonds. The zero-order chi connectivity index (χ0) is 15.6. The maximum Gasteiger partial charge on any atom is 0.412 e. The summed E-state index contributed by atoms with van der Waals surface area (Å²) in [6, 6.07) is 0.693. The van der Waals surface area contributed by atoms with Crippen LogP contribution < -0.4 is 15.5 Å². The van der Waals surface area contributed by atoms with Crippen LogP contribution in [0, 0.1) is 0 Å². The number of amides is 4. The van der Waals surface area contributed by atoms with E-state index in [1.165, 1.54) is 13.1 Å². The quantitative estimate of drug-likeness (QED) is 0.699. The molecule has 1 saturated heterocycles. The Hall–Kier alpha value is -2.42. The fourth-order valence-electron chi connectivity index (χ4n) is 1.89. The lowest BCUT2D eigenvalue weighted by molar-refractivity contribution is -0.134. The largest absolute Gasteiger partial charge is 0.465 e. The predicted octanol–water partition coefficient (Wildman–Crippen LogP) is 0.397. The van der Waals surface area contributed by atoms with Crippen molar-refractivity contribution in [2.75, 3.05) is 11.9 Å². The van der Waals surface area contributed by atoms with E-state index in [0.29, 0.717) is 0 Å². The van der Waals surface area contributed by atoms with Gasteiger partial charge in [0.2, 0.25) is 11.8 Å². The number of hydrogen-bond donors (Lipinski definition) is 3. The second kappa shape index (κ2) is 5.92. The smallest absolute Gasteiger partial charge is 0.412 e. The minimum absolute atomic E-state index is 0.155. The Morgan fingerprint density at radius 3 is 2.81 bits per heavy atom. The van der Waals surface area contributed by atoms with Gasteiger partial charge in [0.1, 0.15) is 11.0 Å². The Balaban J connectivity index is 2.11. The molecule has 21 heavy (non-hydrogen) atoms. The minimum Gasteiger partial charge on any atom is -0.465 e. The Kier molecular flexibility index (Phi) is 4.22. The number of carbonyl (C=O) groups excluding carboxylic acids is 3. The average molecular weight is 311 g/mol. The van der Waals surface area contributed by atoms with Crippen LogP contribution in [0.1, 0.15) is 23.2 Å². The summed E-state index contributed by atoms with van der Waals surface area (Å²) in [5.74, 6) is -1.47. The first kappa shape index (κ1) is 15.0. The molecule has 1 aliphatic rings. The van der Waals surface area contributed by atoms with Gasteiger partial charge in [0.25, 0.3) is 5.91 Å². The van der Waals surface area contributed by atoms with Crippen LogP contribution in [0.25, 0.3) is 0 Å². The third-order valence-corrected chi connectivity index (χ3v) is 4.01. The van der Waals surface area contributed by atoms with Gasteiger partial charge in [0.05, 0.1) is 5.56 Å². The summed E-state index contributed by atoms with van der Waals surface area (Å²) < 4.78 is 0. The second-order valence-corrected chi connectivity index (χ2v) is 5.35. The predicted molar refractivity (Wildman–Crippen MR) is 74.4 cm³/mol. The molecular weight excluding hydrogens is 298 g/mol. The van der Waals surface area contributed by atoms with Gasteiger partial charge < -0.3 is 10.4 Å². The molecule has 3 N–H and O–H groups in total. The van der Waals surface area contributed by atoms with E-state index in [9.17, 15) is 19.2 Å². The molecule has 0 saturated carbocycles. The minimum atomic E-state index is -1.19. The number of thiophene rings is 1. The molecular formula is C12H13N3O5S. The van der Waals surface area contributed by atoms with E-state index in [2.05, 4.69) is 10.6 Å². The first-order valence-corrected chi connectivity index (χ1v) is 6.97. The van der Waals surface area contributed by atoms with E-state index in [-0.39, 0.29) is 29.3 Å². The van der Waals surface area contributed by atoms with Crippen LogP contribution in [-0.4, -0.2) is 42.0 Å². The molecule has 0 bridgehead atoms. The number of rotatable bonds is 3.